The Hall–Kier alpha value is -1.74. The summed E-state index contributed by atoms with van der Waals surface area (Å²) >= 11 is 0. The van der Waals surface area contributed by atoms with Crippen molar-refractivity contribution in [2.75, 3.05) is 4.72 Å². The minimum atomic E-state index is -4.53. The molecule has 0 aliphatic carbocycles. The van der Waals surface area contributed by atoms with Crippen LogP contribution < -0.4 is 4.72 Å². The van der Waals surface area contributed by atoms with Gasteiger partial charge in [0.25, 0.3) is 0 Å². The zero-order valence-corrected chi connectivity index (χ0v) is 7.86. The highest BCUT2D eigenvalue weighted by Crippen LogP contribution is 2.21. The van der Waals surface area contributed by atoms with Crippen LogP contribution in [0.1, 0.15) is 0 Å². The van der Waals surface area contributed by atoms with E-state index in [0.29, 0.717) is 12.1 Å². The molecule has 0 atom stereocenters. The van der Waals surface area contributed by atoms with Gasteiger partial charge in [0.15, 0.2) is 0 Å². The van der Waals surface area contributed by atoms with Crippen molar-refractivity contribution in [2.24, 2.45) is 0 Å². The topological polar surface area (TPSA) is 110 Å². The van der Waals surface area contributed by atoms with E-state index in [9.17, 15) is 22.9 Å². The minimum absolute atomic E-state index is 0.300. The van der Waals surface area contributed by atoms with Crippen LogP contribution in [-0.4, -0.2) is 17.9 Å². The van der Waals surface area contributed by atoms with Crippen LogP contribution in [0.5, 0.6) is 0 Å². The van der Waals surface area contributed by atoms with Crippen LogP contribution in [0.25, 0.3) is 0 Å². The zero-order chi connectivity index (χ0) is 11.6. The Labute approximate surface area is 83.6 Å². The summed E-state index contributed by atoms with van der Waals surface area (Å²) in [6, 6.07) is 2.31. The van der Waals surface area contributed by atoms with Crippen LogP contribution >= 0.6 is 0 Å². The first-order chi connectivity index (χ1) is 6.79. The fourth-order valence-electron chi connectivity index (χ4n) is 0.865. The van der Waals surface area contributed by atoms with Crippen molar-refractivity contribution < 1.29 is 22.3 Å². The number of nitro groups is 1. The Bertz CT molecular complexity index is 500. The van der Waals surface area contributed by atoms with Gasteiger partial charge in [-0.15, -0.1) is 0 Å². The molecule has 0 aliphatic heterocycles. The fraction of sp³-hybridized carbons (Fsp3) is 0. The van der Waals surface area contributed by atoms with Gasteiger partial charge >= 0.3 is 16.0 Å². The van der Waals surface area contributed by atoms with Gasteiger partial charge in [-0.25, -0.2) is 0 Å². The maximum Gasteiger partial charge on any atom is 0.357 e. The van der Waals surface area contributed by atoms with Crippen molar-refractivity contribution in [3.8, 4) is 0 Å². The van der Waals surface area contributed by atoms with Gasteiger partial charge in [0.1, 0.15) is 0 Å². The van der Waals surface area contributed by atoms with Crippen molar-refractivity contribution in [1.82, 2.24) is 0 Å². The standard InChI is InChI=1S/C6H5FN2O5S/c7-5-2-1-4(8-15(12,13)14)3-6(5)9(10)11/h1-3,8H,(H,12,13,14). The SMILES string of the molecule is O=[N+]([O-])c1cc(NS(=O)(=O)O)ccc1F. The minimum Gasteiger partial charge on any atom is -0.269 e. The number of anilines is 1. The van der Waals surface area contributed by atoms with Gasteiger partial charge < -0.3 is 0 Å². The van der Waals surface area contributed by atoms with Gasteiger partial charge in [-0.05, 0) is 12.1 Å². The Morgan fingerprint density at radius 1 is 1.47 bits per heavy atom. The van der Waals surface area contributed by atoms with E-state index in [1.165, 1.54) is 0 Å². The lowest BCUT2D eigenvalue weighted by molar-refractivity contribution is -0.387. The third-order valence-electron chi connectivity index (χ3n) is 1.39. The molecule has 15 heavy (non-hydrogen) atoms. The second-order valence-electron chi connectivity index (χ2n) is 2.50. The third-order valence-corrected chi connectivity index (χ3v) is 1.88. The van der Waals surface area contributed by atoms with Crippen LogP contribution in [0.2, 0.25) is 0 Å². The summed E-state index contributed by atoms with van der Waals surface area (Å²) in [4.78, 5) is 9.26. The van der Waals surface area contributed by atoms with Crippen LogP contribution in [0, 0.1) is 15.9 Å². The predicted octanol–water partition coefficient (Wildman–Crippen LogP) is 0.949. The predicted molar refractivity (Wildman–Crippen MR) is 48.2 cm³/mol. The number of benzene rings is 1. The molecule has 82 valence electrons. The number of nitrogens with one attached hydrogen (secondary N) is 1. The van der Waals surface area contributed by atoms with Gasteiger partial charge in [0, 0.05) is 6.07 Å². The first kappa shape index (κ1) is 11.3. The highest BCUT2D eigenvalue weighted by atomic mass is 32.2. The van der Waals surface area contributed by atoms with Gasteiger partial charge in [0.05, 0.1) is 10.6 Å². The molecule has 0 heterocycles. The van der Waals surface area contributed by atoms with Crippen LogP contribution in [-0.2, 0) is 10.3 Å². The number of nitrogens with zero attached hydrogens (tertiary/aromatic N) is 1. The van der Waals surface area contributed by atoms with Crippen molar-refractivity contribution >= 4 is 21.7 Å². The normalized spacial score (nSPS) is 11.1. The second-order valence-corrected chi connectivity index (χ2v) is 3.65. The van der Waals surface area contributed by atoms with Crippen LogP contribution in [0.3, 0.4) is 0 Å². The molecule has 0 aromatic heterocycles. The lowest BCUT2D eigenvalue weighted by Gasteiger charge is -2.01. The van der Waals surface area contributed by atoms with Gasteiger partial charge in [-0.2, -0.15) is 12.8 Å². The molecule has 0 saturated heterocycles. The molecule has 0 bridgehead atoms. The highest BCUT2D eigenvalue weighted by molar-refractivity contribution is 7.87. The molecule has 9 heteroatoms. The first-order valence-corrected chi connectivity index (χ1v) is 4.93. The van der Waals surface area contributed by atoms with Crippen LogP contribution in [0.4, 0.5) is 15.8 Å². The summed E-state index contributed by atoms with van der Waals surface area (Å²) in [6.45, 7) is 0. The Kier molecular flexibility index (Phi) is 2.86. The number of hydrogen-bond donors (Lipinski definition) is 2. The van der Waals surface area contributed by atoms with Crippen molar-refractivity contribution in [3.05, 3.63) is 34.1 Å². The summed E-state index contributed by atoms with van der Waals surface area (Å²) in [7, 11) is -4.53. The molecular formula is C6H5FN2O5S. The lowest BCUT2D eigenvalue weighted by atomic mass is 10.3. The molecule has 0 saturated carbocycles. The number of nitro benzene ring substituents is 1. The molecular weight excluding hydrogens is 231 g/mol. The largest absolute Gasteiger partial charge is 0.357 e. The van der Waals surface area contributed by atoms with E-state index in [4.69, 9.17) is 4.55 Å². The number of rotatable bonds is 3. The molecule has 2 N–H and O–H groups in total. The number of hydrogen-bond acceptors (Lipinski definition) is 4. The maximum absolute atomic E-state index is 12.8. The average Bonchev–Trinajstić information content (AvgIpc) is 2.05. The van der Waals surface area contributed by atoms with E-state index < -0.39 is 26.7 Å². The van der Waals surface area contributed by atoms with Gasteiger partial charge in [-0.3, -0.25) is 19.4 Å². The van der Waals surface area contributed by atoms with Gasteiger partial charge in [0.2, 0.25) is 5.82 Å². The Balaban J connectivity index is 3.14. The Morgan fingerprint density at radius 2 is 2.07 bits per heavy atom. The van der Waals surface area contributed by atoms with E-state index >= 15 is 0 Å². The molecule has 1 rings (SSSR count). The molecule has 7 nitrogen and oxygen atoms in total. The first-order valence-electron chi connectivity index (χ1n) is 3.49. The molecule has 0 unspecified atom stereocenters. The van der Waals surface area contributed by atoms with Crippen molar-refractivity contribution in [2.45, 2.75) is 0 Å². The van der Waals surface area contributed by atoms with Crippen molar-refractivity contribution in [1.29, 1.82) is 0 Å². The van der Waals surface area contributed by atoms with E-state index in [1.807, 2.05) is 0 Å². The molecule has 1 aromatic carbocycles. The molecule has 0 spiro atoms. The van der Waals surface area contributed by atoms with Crippen molar-refractivity contribution in [3.63, 3.8) is 0 Å². The molecule has 0 amide bonds. The molecule has 0 fully saturated rings. The molecule has 0 aliphatic rings. The summed E-state index contributed by atoms with van der Waals surface area (Å²) < 4.78 is 43.4. The quantitative estimate of drug-likeness (QED) is 0.461. The van der Waals surface area contributed by atoms with E-state index in [2.05, 4.69) is 0 Å². The summed E-state index contributed by atoms with van der Waals surface area (Å²) in [5, 5.41) is 10.3. The molecule has 1 aromatic rings. The van der Waals surface area contributed by atoms with Gasteiger partial charge in [-0.1, -0.05) is 0 Å². The summed E-state index contributed by atoms with van der Waals surface area (Å²) in [5.74, 6) is -1.10. The maximum atomic E-state index is 12.8. The Morgan fingerprint density at radius 3 is 2.53 bits per heavy atom. The fourth-order valence-corrected chi connectivity index (χ4v) is 1.29. The highest BCUT2D eigenvalue weighted by Gasteiger charge is 2.15. The van der Waals surface area contributed by atoms with E-state index in [1.54, 1.807) is 4.72 Å². The average molecular weight is 236 g/mol. The third kappa shape index (κ3) is 3.14. The second kappa shape index (κ2) is 3.79. The number of halogens is 1. The lowest BCUT2D eigenvalue weighted by Crippen LogP contribution is -2.10. The smallest absolute Gasteiger partial charge is 0.269 e. The van der Waals surface area contributed by atoms with E-state index in [0.717, 1.165) is 6.07 Å². The summed E-state index contributed by atoms with van der Waals surface area (Å²) in [5.41, 5.74) is -1.19. The zero-order valence-electron chi connectivity index (χ0n) is 7.05. The van der Waals surface area contributed by atoms with Crippen LogP contribution in [0.15, 0.2) is 18.2 Å². The summed E-state index contributed by atoms with van der Waals surface area (Å²) in [6.07, 6.45) is 0. The monoisotopic (exact) mass is 236 g/mol. The molecule has 0 radical (unpaired) electrons. The van der Waals surface area contributed by atoms with E-state index in [-0.39, 0.29) is 5.69 Å².